The van der Waals surface area contributed by atoms with Crippen LogP contribution >= 0.6 is 0 Å². The van der Waals surface area contributed by atoms with E-state index in [1.54, 1.807) is 13.8 Å². The van der Waals surface area contributed by atoms with Gasteiger partial charge in [0.2, 0.25) is 17.7 Å². The molecule has 4 amide bonds. The molecular formula is C45H47FN6O14. The number of alkyl halides is 1. The first-order chi connectivity index (χ1) is 31.4. The molecule has 66 heavy (non-hydrogen) atoms. The molecule has 348 valence electrons. The van der Waals surface area contributed by atoms with E-state index >= 15 is 0 Å². The van der Waals surface area contributed by atoms with Gasteiger partial charge in [-0.25, -0.2) is 14.2 Å². The van der Waals surface area contributed by atoms with Crippen molar-refractivity contribution < 1.29 is 66.9 Å². The van der Waals surface area contributed by atoms with E-state index in [1.165, 1.54) is 67.1 Å². The summed E-state index contributed by atoms with van der Waals surface area (Å²) in [7, 11) is 2.14. The Labute approximate surface area is 375 Å². The minimum atomic E-state index is -1.66. The number of aromatic nitrogens is 2. The third kappa shape index (κ3) is 12.4. The number of imidazole rings is 1. The molecule has 2 aliphatic rings. The summed E-state index contributed by atoms with van der Waals surface area (Å²) >= 11 is 0. The van der Waals surface area contributed by atoms with E-state index in [2.05, 4.69) is 36.0 Å². The number of ether oxygens (including phenoxy) is 2. The molecule has 7 N–H and O–H groups in total. The standard InChI is InChI=1S/C45H47FN6O14/c1-22(2)13-33(51-41(58)23-5-8-27(45(62)63)30(14-23)40-28-9-6-25(53)16-36(28)66-37-17-26(54)7-10-29(37)40)43(60)49-31(11-12-38(56)64-3)42(59)52-34(15-24-20-47-21-48-24)44(61)50-32(35(55)19-46)18-39(57)65-4/h5-10,14,16-17,20-22,31-34,53H,11-13,15,18-19H2,1-4H3,(H,47,48)(H,49,60)(H,50,61)(H,51,58)(H,52,59)(H,62,63)/t31-,32+,33-,34-/m0/s1. The maximum Gasteiger partial charge on any atom is 0.336 e. The first-order valence-corrected chi connectivity index (χ1v) is 20.4. The molecule has 0 radical (unpaired) electrons. The Morgan fingerprint density at radius 1 is 0.803 bits per heavy atom. The van der Waals surface area contributed by atoms with Crippen molar-refractivity contribution >= 4 is 58.3 Å². The van der Waals surface area contributed by atoms with Gasteiger partial charge >= 0.3 is 17.9 Å². The van der Waals surface area contributed by atoms with Crippen molar-refractivity contribution in [2.24, 2.45) is 5.92 Å². The lowest BCUT2D eigenvalue weighted by Crippen LogP contribution is -2.58. The van der Waals surface area contributed by atoms with Crippen LogP contribution in [0.1, 0.15) is 65.9 Å². The fraction of sp³-hybridized carbons (Fsp3) is 0.333. The Morgan fingerprint density at radius 2 is 1.48 bits per heavy atom. The summed E-state index contributed by atoms with van der Waals surface area (Å²) in [5, 5.41) is 30.8. The van der Waals surface area contributed by atoms with Gasteiger partial charge in [-0.3, -0.25) is 38.4 Å². The molecule has 3 aromatic rings. The molecule has 2 aromatic carbocycles. The predicted molar refractivity (Wildman–Crippen MR) is 231 cm³/mol. The first-order valence-electron chi connectivity index (χ1n) is 20.4. The summed E-state index contributed by atoms with van der Waals surface area (Å²) in [5.41, 5.74) is 0.318. The number of ketones is 1. The highest BCUT2D eigenvalue weighted by Gasteiger charge is 2.34. The highest BCUT2D eigenvalue weighted by atomic mass is 19.1. The molecular weight excluding hydrogens is 868 g/mol. The zero-order chi connectivity index (χ0) is 48.2. The number of hydrogen-bond donors (Lipinski definition) is 7. The number of nitrogens with one attached hydrogen (secondary N) is 5. The van der Waals surface area contributed by atoms with E-state index < -0.39 is 96.4 Å². The summed E-state index contributed by atoms with van der Waals surface area (Å²) in [4.78, 5) is 124. The molecule has 4 atom stereocenters. The van der Waals surface area contributed by atoms with Crippen LogP contribution in [-0.2, 0) is 44.7 Å². The number of carbonyl (C=O) groups is 8. The quantitative estimate of drug-likeness (QED) is 0.0411. The van der Waals surface area contributed by atoms with E-state index in [4.69, 9.17) is 9.15 Å². The summed E-state index contributed by atoms with van der Waals surface area (Å²) in [6.07, 6.45) is 0.887. The molecule has 5 rings (SSSR count). The molecule has 0 fully saturated rings. The Balaban J connectivity index is 1.46. The summed E-state index contributed by atoms with van der Waals surface area (Å²) in [6, 6.07) is 5.66. The van der Waals surface area contributed by atoms with Gasteiger partial charge in [0.25, 0.3) is 5.91 Å². The first kappa shape index (κ1) is 49.1. The van der Waals surface area contributed by atoms with Gasteiger partial charge in [-0.2, -0.15) is 0 Å². The van der Waals surface area contributed by atoms with Crippen LogP contribution in [0.5, 0.6) is 5.75 Å². The number of rotatable bonds is 21. The Morgan fingerprint density at radius 3 is 2.14 bits per heavy atom. The number of carbonyl (C=O) groups excluding carboxylic acids is 7. The minimum absolute atomic E-state index is 0.00844. The van der Waals surface area contributed by atoms with Crippen LogP contribution in [0.25, 0.3) is 33.4 Å². The van der Waals surface area contributed by atoms with Crippen molar-refractivity contribution in [3.05, 3.63) is 94.2 Å². The number of halogens is 1. The van der Waals surface area contributed by atoms with Gasteiger partial charge in [-0.05, 0) is 66.8 Å². The number of carboxylic acid groups (broad SMARTS) is 1. The second kappa shape index (κ2) is 22.1. The van der Waals surface area contributed by atoms with Crippen molar-refractivity contribution in [3.8, 4) is 28.2 Å². The van der Waals surface area contributed by atoms with Crippen LogP contribution in [0.3, 0.4) is 0 Å². The third-order valence-corrected chi connectivity index (χ3v) is 10.3. The van der Waals surface area contributed by atoms with E-state index in [0.717, 1.165) is 14.2 Å². The van der Waals surface area contributed by atoms with Crippen LogP contribution in [-0.4, -0.2) is 113 Å². The van der Waals surface area contributed by atoms with E-state index in [1.807, 2.05) is 0 Å². The van der Waals surface area contributed by atoms with Crippen LogP contribution in [0.15, 0.2) is 76.3 Å². The minimum Gasteiger partial charge on any atom is -0.508 e. The number of methoxy groups -OCH3 is 2. The largest absolute Gasteiger partial charge is 0.508 e. The Kier molecular flexibility index (Phi) is 16.4. The maximum atomic E-state index is 14.1. The Hall–Kier alpha value is -7.97. The zero-order valence-electron chi connectivity index (χ0n) is 36.1. The van der Waals surface area contributed by atoms with E-state index in [9.17, 15) is 57.8 Å². The SMILES string of the molecule is COC(=O)CC[C@H](NC(=O)[C@H](CC(C)C)NC(=O)c1ccc(C(=O)O)c(-c2c3ccc(=O)cc-3oc3cc(O)ccc23)c1)C(=O)N[C@@H](Cc1cnc[nH]1)C(=O)N[C@H](CC(=O)OC)C(=O)CF. The molecule has 21 heteroatoms. The van der Waals surface area contributed by atoms with Gasteiger partial charge in [0.1, 0.15) is 47.9 Å². The smallest absolute Gasteiger partial charge is 0.336 e. The third-order valence-electron chi connectivity index (χ3n) is 10.3. The number of H-pyrrole nitrogens is 1. The molecule has 0 unspecified atom stereocenters. The average molecular weight is 915 g/mol. The molecule has 1 aromatic heterocycles. The monoisotopic (exact) mass is 914 g/mol. The number of aromatic hydroxyl groups is 1. The number of amides is 4. The number of phenols is 1. The lowest BCUT2D eigenvalue weighted by atomic mass is 9.89. The van der Waals surface area contributed by atoms with Gasteiger partial charge in [0.05, 0.1) is 32.5 Å². The van der Waals surface area contributed by atoms with Crippen molar-refractivity contribution in [2.75, 3.05) is 20.9 Å². The lowest BCUT2D eigenvalue weighted by molar-refractivity contribution is -0.144. The van der Waals surface area contributed by atoms with E-state index in [-0.39, 0.29) is 64.5 Å². The molecule has 0 spiro atoms. The summed E-state index contributed by atoms with van der Waals surface area (Å²) < 4.78 is 28.7. The zero-order valence-corrected chi connectivity index (χ0v) is 36.1. The van der Waals surface area contributed by atoms with Crippen molar-refractivity contribution in [2.45, 2.75) is 70.1 Å². The molecule has 20 nitrogen and oxygen atoms in total. The van der Waals surface area contributed by atoms with Gasteiger partial charge in [0.15, 0.2) is 11.2 Å². The molecule has 0 saturated carbocycles. The van der Waals surface area contributed by atoms with Crippen molar-refractivity contribution in [1.82, 2.24) is 31.2 Å². The number of carboxylic acids is 1. The molecule has 1 aliphatic heterocycles. The number of benzene rings is 3. The number of Topliss-reactive ketones (excluding diaryl/α,β-unsaturated/α-hetero) is 1. The average Bonchev–Trinajstić information content (AvgIpc) is 3.80. The number of nitrogens with zero attached hydrogens (tertiary/aromatic N) is 1. The number of esters is 2. The number of aromatic amines is 1. The van der Waals surface area contributed by atoms with Crippen LogP contribution < -0.4 is 26.7 Å². The topological polar surface area (TPSA) is 302 Å². The second-order valence-corrected chi connectivity index (χ2v) is 15.5. The summed E-state index contributed by atoms with van der Waals surface area (Å²) in [6.45, 7) is 1.99. The highest BCUT2D eigenvalue weighted by molar-refractivity contribution is 6.09. The van der Waals surface area contributed by atoms with Gasteiger partial charge in [-0.15, -0.1) is 0 Å². The van der Waals surface area contributed by atoms with E-state index in [0.29, 0.717) is 16.6 Å². The Bertz CT molecular complexity index is 2660. The summed E-state index contributed by atoms with van der Waals surface area (Å²) in [5.74, 6) is -8.27. The van der Waals surface area contributed by atoms with Gasteiger partial charge < -0.3 is 50.4 Å². The van der Waals surface area contributed by atoms with Crippen molar-refractivity contribution in [3.63, 3.8) is 0 Å². The van der Waals surface area contributed by atoms with Crippen LogP contribution in [0.2, 0.25) is 0 Å². The number of aromatic carboxylic acids is 1. The fourth-order valence-corrected chi connectivity index (χ4v) is 7.04. The fourth-order valence-electron chi connectivity index (χ4n) is 7.04. The van der Waals surface area contributed by atoms with Gasteiger partial charge in [0, 0.05) is 58.9 Å². The molecule has 0 bridgehead atoms. The number of phenolic OH excluding ortho intramolecular Hbond substituents is 1. The molecule has 0 saturated heterocycles. The predicted octanol–water partition coefficient (Wildman–Crippen LogP) is 2.59. The number of fused-ring (bicyclic) bond motifs is 2. The van der Waals surface area contributed by atoms with Crippen LogP contribution in [0, 0.1) is 5.92 Å². The lowest BCUT2D eigenvalue weighted by Gasteiger charge is -2.26. The van der Waals surface area contributed by atoms with Crippen molar-refractivity contribution in [1.29, 1.82) is 0 Å². The molecule has 2 heterocycles. The van der Waals surface area contributed by atoms with Gasteiger partial charge in [-0.1, -0.05) is 13.8 Å². The second-order valence-electron chi connectivity index (χ2n) is 15.5. The normalized spacial score (nSPS) is 12.9. The number of hydrogen-bond acceptors (Lipinski definition) is 14. The molecule has 1 aliphatic carbocycles. The van der Waals surface area contributed by atoms with Crippen LogP contribution in [0.4, 0.5) is 4.39 Å². The highest BCUT2D eigenvalue weighted by Crippen LogP contribution is 2.42. The maximum absolute atomic E-state index is 14.1.